The Hall–Kier alpha value is -3.13. The van der Waals surface area contributed by atoms with E-state index in [9.17, 15) is 4.79 Å². The molecular weight excluding hydrogens is 414 g/mol. The highest BCUT2D eigenvalue weighted by molar-refractivity contribution is 5.92. The van der Waals surface area contributed by atoms with E-state index in [1.807, 2.05) is 12.1 Å². The second-order valence-corrected chi connectivity index (χ2v) is 10.7. The molecule has 174 valence electrons. The summed E-state index contributed by atoms with van der Waals surface area (Å²) >= 11 is 0. The zero-order valence-electron chi connectivity index (χ0n) is 20.7. The van der Waals surface area contributed by atoms with Crippen LogP contribution < -0.4 is 5.32 Å². The molecule has 0 aliphatic heterocycles. The highest BCUT2D eigenvalue weighted by Crippen LogP contribution is 2.56. The van der Waals surface area contributed by atoms with Gasteiger partial charge in [-0.15, -0.1) is 0 Å². The molecule has 1 N–H and O–H groups in total. The number of hydrogen-bond acceptors (Lipinski definition) is 1. The Morgan fingerprint density at radius 1 is 0.941 bits per heavy atom. The van der Waals surface area contributed by atoms with Crippen LogP contribution in [0, 0.1) is 25.2 Å². The predicted octanol–water partition coefficient (Wildman–Crippen LogP) is 8.14. The van der Waals surface area contributed by atoms with E-state index in [1.165, 1.54) is 65.5 Å². The Bertz CT molecular complexity index is 1210. The number of carbonyl (C=O) groups excluding carboxylic acids is 1. The molecule has 0 heterocycles. The van der Waals surface area contributed by atoms with Crippen LogP contribution in [0.1, 0.15) is 61.3 Å². The molecule has 2 aliphatic carbocycles. The molecule has 2 nitrogen and oxygen atoms in total. The Kier molecular flexibility index (Phi) is 6.16. The third-order valence-electron chi connectivity index (χ3n) is 7.99. The van der Waals surface area contributed by atoms with Crippen molar-refractivity contribution in [2.24, 2.45) is 11.3 Å². The van der Waals surface area contributed by atoms with Gasteiger partial charge in [-0.25, -0.2) is 0 Å². The van der Waals surface area contributed by atoms with E-state index in [-0.39, 0.29) is 5.91 Å². The van der Waals surface area contributed by atoms with E-state index in [0.29, 0.717) is 11.8 Å². The zero-order chi connectivity index (χ0) is 23.7. The van der Waals surface area contributed by atoms with Crippen LogP contribution in [-0.2, 0) is 11.2 Å². The lowest BCUT2D eigenvalue weighted by atomic mass is 9.78. The van der Waals surface area contributed by atoms with Crippen molar-refractivity contribution in [1.29, 1.82) is 0 Å². The van der Waals surface area contributed by atoms with Gasteiger partial charge in [0.1, 0.15) is 0 Å². The van der Waals surface area contributed by atoms with Crippen LogP contribution >= 0.6 is 0 Å². The van der Waals surface area contributed by atoms with Crippen LogP contribution in [0.4, 0.5) is 5.69 Å². The molecule has 1 fully saturated rings. The van der Waals surface area contributed by atoms with Crippen LogP contribution in [0.3, 0.4) is 0 Å². The summed E-state index contributed by atoms with van der Waals surface area (Å²) < 4.78 is 0. The lowest BCUT2D eigenvalue weighted by molar-refractivity contribution is -0.115. The second kappa shape index (κ2) is 9.25. The van der Waals surface area contributed by atoms with E-state index in [0.717, 1.165) is 17.2 Å². The number of amides is 1. The van der Waals surface area contributed by atoms with Gasteiger partial charge in [-0.3, -0.25) is 4.79 Å². The average molecular weight is 450 g/mol. The number of benzene rings is 3. The molecule has 5 rings (SSSR count). The number of allylic oxidation sites excluding steroid dienone is 2. The number of rotatable bonds is 6. The van der Waals surface area contributed by atoms with Crippen LogP contribution in [0.15, 0.2) is 72.8 Å². The van der Waals surface area contributed by atoms with Gasteiger partial charge >= 0.3 is 0 Å². The third kappa shape index (κ3) is 5.01. The van der Waals surface area contributed by atoms with Gasteiger partial charge in [-0.1, -0.05) is 73.2 Å². The molecule has 1 unspecified atom stereocenters. The number of aryl methyl sites for hydroxylation is 2. The Morgan fingerprint density at radius 2 is 1.65 bits per heavy atom. The van der Waals surface area contributed by atoms with Crippen molar-refractivity contribution in [3.8, 4) is 11.1 Å². The topological polar surface area (TPSA) is 29.1 Å². The number of nitrogens with one attached hydrogen (secondary N) is 1. The highest BCUT2D eigenvalue weighted by atomic mass is 16.1. The lowest BCUT2D eigenvalue weighted by Crippen LogP contribution is -2.15. The standard InChI is InChI=1S/C32H35NO/c1-22-4-17-30(23(2)20-22)27-11-15-29(16-12-27)33-31(34)21-24-5-7-25(8-6-24)26-9-13-28(14-10-26)32(3)18-19-32/h4-9,11-12,15-17,20,28H,10,13-14,18-19,21H2,1-3H3,(H,33,34). The Balaban J connectivity index is 1.17. The maximum atomic E-state index is 12.6. The summed E-state index contributed by atoms with van der Waals surface area (Å²) in [6.45, 7) is 6.70. The van der Waals surface area contributed by atoms with Crippen molar-refractivity contribution in [3.05, 3.63) is 95.1 Å². The molecule has 0 aromatic heterocycles. The van der Waals surface area contributed by atoms with Crippen molar-refractivity contribution in [3.63, 3.8) is 0 Å². The number of anilines is 1. The predicted molar refractivity (Wildman–Crippen MR) is 143 cm³/mol. The lowest BCUT2D eigenvalue weighted by Gasteiger charge is -2.27. The molecule has 1 atom stereocenters. The minimum Gasteiger partial charge on any atom is -0.326 e. The number of hydrogen-bond donors (Lipinski definition) is 1. The molecule has 0 bridgehead atoms. The zero-order valence-corrected chi connectivity index (χ0v) is 20.7. The smallest absolute Gasteiger partial charge is 0.228 e. The van der Waals surface area contributed by atoms with E-state index < -0.39 is 0 Å². The molecule has 3 aromatic rings. The molecule has 0 saturated heterocycles. The average Bonchev–Trinajstić information content (AvgIpc) is 3.59. The summed E-state index contributed by atoms with van der Waals surface area (Å²) in [5.41, 5.74) is 10.2. The van der Waals surface area contributed by atoms with Gasteiger partial charge in [0.05, 0.1) is 6.42 Å². The van der Waals surface area contributed by atoms with Gasteiger partial charge in [0.25, 0.3) is 0 Å². The first-order valence-electron chi connectivity index (χ1n) is 12.7. The summed E-state index contributed by atoms with van der Waals surface area (Å²) in [7, 11) is 0. The van der Waals surface area contributed by atoms with E-state index in [2.05, 4.69) is 86.8 Å². The molecule has 0 radical (unpaired) electrons. The fraction of sp³-hybridized carbons (Fsp3) is 0.344. The van der Waals surface area contributed by atoms with Gasteiger partial charge < -0.3 is 5.32 Å². The molecular formula is C32H35NO. The normalized spacial score (nSPS) is 18.8. The molecule has 3 aromatic carbocycles. The minimum atomic E-state index is 0.0180. The van der Waals surface area contributed by atoms with E-state index in [4.69, 9.17) is 0 Å². The first kappa shape index (κ1) is 22.7. The van der Waals surface area contributed by atoms with Gasteiger partial charge in [0, 0.05) is 5.69 Å². The SMILES string of the molecule is Cc1ccc(-c2ccc(NC(=O)Cc3ccc(C4=CCC(C5(C)CC5)CC4)cc3)cc2)c(C)c1. The van der Waals surface area contributed by atoms with Gasteiger partial charge in [-0.05, 0) is 103 Å². The van der Waals surface area contributed by atoms with Crippen molar-refractivity contribution in [2.75, 3.05) is 5.32 Å². The first-order chi connectivity index (χ1) is 16.4. The monoisotopic (exact) mass is 449 g/mol. The summed E-state index contributed by atoms with van der Waals surface area (Å²) in [6.07, 6.45) is 9.38. The quantitative estimate of drug-likeness (QED) is 0.404. The first-order valence-corrected chi connectivity index (χ1v) is 12.7. The molecule has 1 saturated carbocycles. The van der Waals surface area contributed by atoms with Crippen LogP contribution in [-0.4, -0.2) is 5.91 Å². The summed E-state index contributed by atoms with van der Waals surface area (Å²) in [4.78, 5) is 12.6. The van der Waals surface area contributed by atoms with Crippen LogP contribution in [0.2, 0.25) is 0 Å². The van der Waals surface area contributed by atoms with Crippen LogP contribution in [0.5, 0.6) is 0 Å². The minimum absolute atomic E-state index is 0.0180. The number of carbonyl (C=O) groups is 1. The Labute approximate surface area is 204 Å². The van der Waals surface area contributed by atoms with Crippen LogP contribution in [0.25, 0.3) is 16.7 Å². The fourth-order valence-electron chi connectivity index (χ4n) is 5.43. The maximum Gasteiger partial charge on any atom is 0.228 e. The molecule has 1 amide bonds. The van der Waals surface area contributed by atoms with Gasteiger partial charge in [0.15, 0.2) is 0 Å². The summed E-state index contributed by atoms with van der Waals surface area (Å²) in [6, 6.07) is 23.2. The van der Waals surface area contributed by atoms with Gasteiger partial charge in [0.2, 0.25) is 5.91 Å². The third-order valence-corrected chi connectivity index (χ3v) is 7.99. The van der Waals surface area contributed by atoms with E-state index in [1.54, 1.807) is 0 Å². The molecule has 2 heteroatoms. The van der Waals surface area contributed by atoms with Crippen molar-refractivity contribution >= 4 is 17.2 Å². The van der Waals surface area contributed by atoms with Crippen molar-refractivity contribution < 1.29 is 4.79 Å². The second-order valence-electron chi connectivity index (χ2n) is 10.7. The fourth-order valence-corrected chi connectivity index (χ4v) is 5.43. The summed E-state index contributed by atoms with van der Waals surface area (Å²) in [5.74, 6) is 0.888. The highest BCUT2D eigenvalue weighted by Gasteiger charge is 2.44. The Morgan fingerprint density at radius 3 is 2.26 bits per heavy atom. The molecule has 0 spiro atoms. The van der Waals surface area contributed by atoms with Crippen molar-refractivity contribution in [1.82, 2.24) is 0 Å². The van der Waals surface area contributed by atoms with E-state index >= 15 is 0 Å². The molecule has 2 aliphatic rings. The van der Waals surface area contributed by atoms with Gasteiger partial charge in [-0.2, -0.15) is 0 Å². The van der Waals surface area contributed by atoms with Crippen molar-refractivity contribution in [2.45, 2.75) is 59.3 Å². The molecule has 34 heavy (non-hydrogen) atoms. The summed E-state index contributed by atoms with van der Waals surface area (Å²) in [5, 5.41) is 3.05. The largest absolute Gasteiger partial charge is 0.326 e. The maximum absolute atomic E-state index is 12.6.